The highest BCUT2D eigenvalue weighted by Crippen LogP contribution is 2.39. The van der Waals surface area contributed by atoms with E-state index in [0.29, 0.717) is 71.3 Å². The van der Waals surface area contributed by atoms with Gasteiger partial charge in [0, 0.05) is 29.3 Å². The number of hydrogen-bond acceptors (Lipinski definition) is 9. The lowest BCUT2D eigenvalue weighted by Gasteiger charge is -2.30. The Morgan fingerprint density at radius 1 is 0.788 bits per heavy atom. The van der Waals surface area contributed by atoms with Crippen molar-refractivity contribution in [2.45, 2.75) is 111 Å². The zero-order chi connectivity index (χ0) is 37.2. The molecule has 0 amide bonds. The third-order valence-corrected chi connectivity index (χ3v) is 10.8. The van der Waals surface area contributed by atoms with Crippen molar-refractivity contribution in [1.82, 2.24) is 9.80 Å². The van der Waals surface area contributed by atoms with Crippen molar-refractivity contribution in [3.63, 3.8) is 0 Å². The van der Waals surface area contributed by atoms with Crippen LogP contribution < -0.4 is 20.6 Å². The molecular weight excluding hydrogens is 654 g/mol. The zero-order valence-electron chi connectivity index (χ0n) is 32.4. The maximum Gasteiger partial charge on any atom is 0.204 e. The van der Waals surface area contributed by atoms with E-state index in [0.717, 1.165) is 94.9 Å². The monoisotopic (exact) mass is 717 g/mol. The number of fused-ring (bicyclic) bond motifs is 2. The molecule has 2 aliphatic rings. The molecule has 2 saturated heterocycles. The van der Waals surface area contributed by atoms with Crippen molar-refractivity contribution in [3.8, 4) is 17.2 Å². The Hall–Kier alpha value is -3.37. The van der Waals surface area contributed by atoms with Crippen molar-refractivity contribution >= 4 is 21.9 Å². The molecule has 0 spiro atoms. The Morgan fingerprint density at radius 3 is 1.83 bits per heavy atom. The number of hydrogen-bond donors (Lipinski definition) is 3. The molecule has 286 valence electrons. The first kappa shape index (κ1) is 39.8. The molecule has 2 aliphatic heterocycles. The maximum atomic E-state index is 14.5. The van der Waals surface area contributed by atoms with Gasteiger partial charge < -0.3 is 39.6 Å². The number of piperidine rings is 2. The van der Waals surface area contributed by atoms with Gasteiger partial charge in [-0.3, -0.25) is 4.79 Å². The molecule has 9 nitrogen and oxygen atoms in total. The van der Waals surface area contributed by atoms with E-state index in [1.165, 1.54) is 12.8 Å². The number of likely N-dealkylation sites (tertiary alicyclic amines) is 2. The number of aliphatic hydroxyl groups excluding tert-OH is 1. The van der Waals surface area contributed by atoms with Crippen LogP contribution in [0.25, 0.3) is 21.9 Å². The molecule has 0 atom stereocenters. The number of rotatable bonds is 17. The summed E-state index contributed by atoms with van der Waals surface area (Å²) in [4.78, 5) is 19.5. The van der Waals surface area contributed by atoms with Crippen LogP contribution >= 0.6 is 0 Å². The molecule has 5 rings (SSSR count). The predicted octanol–water partition coefficient (Wildman–Crippen LogP) is 7.63. The lowest BCUT2D eigenvalue weighted by Crippen LogP contribution is -2.40. The van der Waals surface area contributed by atoms with E-state index >= 15 is 0 Å². The highest BCUT2D eigenvalue weighted by Gasteiger charge is 2.24. The predicted molar refractivity (Wildman–Crippen MR) is 212 cm³/mol. The molecule has 0 unspecified atom stereocenters. The number of nitrogens with zero attached hydrogens (tertiary/aromatic N) is 2. The minimum absolute atomic E-state index is 0.113. The highest BCUT2D eigenvalue weighted by molar-refractivity contribution is 5.97. The normalized spacial score (nSPS) is 16.4. The van der Waals surface area contributed by atoms with E-state index in [2.05, 4.69) is 16.7 Å². The van der Waals surface area contributed by atoms with Crippen LogP contribution in [0.5, 0.6) is 17.2 Å². The maximum absolute atomic E-state index is 14.5. The second-order valence-corrected chi connectivity index (χ2v) is 15.7. The Labute approximate surface area is 310 Å². The third kappa shape index (κ3) is 10.4. The number of nitrogens with two attached hydrogens (primary N) is 1. The third-order valence-electron chi connectivity index (χ3n) is 10.8. The number of allylic oxidation sites excluding steroid dienone is 4. The Kier molecular flexibility index (Phi) is 14.6. The van der Waals surface area contributed by atoms with Gasteiger partial charge in [0.15, 0.2) is 0 Å². The van der Waals surface area contributed by atoms with Gasteiger partial charge in [-0.05, 0) is 143 Å². The smallest absolute Gasteiger partial charge is 0.204 e. The lowest BCUT2D eigenvalue weighted by molar-refractivity contribution is 0.184. The van der Waals surface area contributed by atoms with Gasteiger partial charge in [0.1, 0.15) is 33.8 Å². The van der Waals surface area contributed by atoms with Crippen LogP contribution in [0, 0.1) is 5.92 Å². The molecule has 3 heterocycles. The van der Waals surface area contributed by atoms with Crippen molar-refractivity contribution < 1.29 is 24.1 Å². The first-order valence-corrected chi connectivity index (χ1v) is 19.7. The second-order valence-electron chi connectivity index (χ2n) is 15.7. The molecule has 0 aliphatic carbocycles. The topological polar surface area (TPSA) is 122 Å². The second kappa shape index (κ2) is 19.1. The highest BCUT2D eigenvalue weighted by atomic mass is 16.5. The lowest BCUT2D eigenvalue weighted by atomic mass is 9.95. The average Bonchev–Trinajstić information content (AvgIpc) is 3.11. The van der Waals surface area contributed by atoms with Gasteiger partial charge in [-0.25, -0.2) is 0 Å². The van der Waals surface area contributed by atoms with E-state index in [1.807, 2.05) is 39.8 Å². The quantitative estimate of drug-likeness (QED) is 0.0735. The van der Waals surface area contributed by atoms with Gasteiger partial charge in [-0.1, -0.05) is 30.2 Å². The molecule has 4 N–H and O–H groups in total. The molecule has 3 aromatic rings. The number of benzene rings is 2. The molecule has 0 radical (unpaired) electrons. The summed E-state index contributed by atoms with van der Waals surface area (Å²) >= 11 is 0. The fourth-order valence-electron chi connectivity index (χ4n) is 7.43. The van der Waals surface area contributed by atoms with Gasteiger partial charge in [-0.2, -0.15) is 0 Å². The number of phenols is 1. The van der Waals surface area contributed by atoms with Crippen LogP contribution in [0.2, 0.25) is 0 Å². The van der Waals surface area contributed by atoms with Crippen molar-refractivity contribution in [1.29, 1.82) is 0 Å². The summed E-state index contributed by atoms with van der Waals surface area (Å²) < 4.78 is 19.2. The molecular formula is C43H63N3O6. The minimum Gasteiger partial charge on any atom is -0.507 e. The van der Waals surface area contributed by atoms with Gasteiger partial charge >= 0.3 is 0 Å². The molecule has 52 heavy (non-hydrogen) atoms. The van der Waals surface area contributed by atoms with E-state index in [4.69, 9.17) is 19.6 Å². The van der Waals surface area contributed by atoms with E-state index in [9.17, 15) is 15.0 Å². The number of unbranched alkanes of at least 4 members (excludes halogenated alkanes) is 2. The summed E-state index contributed by atoms with van der Waals surface area (Å²) in [5, 5.41) is 22.9. The van der Waals surface area contributed by atoms with Gasteiger partial charge in [0.2, 0.25) is 5.43 Å². The van der Waals surface area contributed by atoms with Crippen LogP contribution in [0.4, 0.5) is 0 Å². The number of ether oxygens (including phenoxy) is 2. The fraction of sp³-hybridized carbons (Fsp3) is 0.605. The largest absolute Gasteiger partial charge is 0.507 e. The zero-order valence-corrected chi connectivity index (χ0v) is 32.4. The van der Waals surface area contributed by atoms with Gasteiger partial charge in [0.05, 0.1) is 25.2 Å². The van der Waals surface area contributed by atoms with E-state index in [1.54, 1.807) is 12.1 Å². The van der Waals surface area contributed by atoms with E-state index in [-0.39, 0.29) is 28.8 Å². The summed E-state index contributed by atoms with van der Waals surface area (Å²) in [5.41, 5.74) is 10.4. The molecule has 0 bridgehead atoms. The van der Waals surface area contributed by atoms with Crippen LogP contribution in [0.1, 0.15) is 103 Å². The number of phenolic OH excluding ortho intramolecular Hbond substituents is 1. The first-order valence-electron chi connectivity index (χ1n) is 19.7. The summed E-state index contributed by atoms with van der Waals surface area (Å²) in [6.45, 7) is 17.6. The van der Waals surface area contributed by atoms with Gasteiger partial charge in [-0.15, -0.1) is 0 Å². The fourth-order valence-corrected chi connectivity index (χ4v) is 7.43. The van der Waals surface area contributed by atoms with Crippen LogP contribution in [0.3, 0.4) is 0 Å². The Balaban J connectivity index is 1.43. The van der Waals surface area contributed by atoms with Gasteiger partial charge in [0.25, 0.3) is 0 Å². The Bertz CT molecular complexity index is 1750. The van der Waals surface area contributed by atoms with Crippen molar-refractivity contribution in [3.05, 3.63) is 62.3 Å². The summed E-state index contributed by atoms with van der Waals surface area (Å²) in [6, 6.07) is 3.81. The van der Waals surface area contributed by atoms with Crippen LogP contribution in [-0.2, 0) is 19.4 Å². The average molecular weight is 718 g/mol. The minimum atomic E-state index is -0.325. The number of aromatic hydroxyl groups is 1. The Morgan fingerprint density at radius 2 is 1.29 bits per heavy atom. The molecule has 9 heteroatoms. The SMILES string of the molecule is CC(C)=CCc1c(OCCCCN2CCC(C)CC2)cc2oc3cc(OCCCCN4CCC(N)CC4)c(CO)c(CC=C(C)C)c3c(=O)c2c1O. The van der Waals surface area contributed by atoms with Crippen molar-refractivity contribution in [2.24, 2.45) is 11.7 Å². The van der Waals surface area contributed by atoms with E-state index < -0.39 is 0 Å². The van der Waals surface area contributed by atoms with Crippen molar-refractivity contribution in [2.75, 3.05) is 52.5 Å². The van der Waals surface area contributed by atoms with Crippen LogP contribution in [-0.4, -0.2) is 78.5 Å². The standard InChI is InChI=1S/C43H63N3O6/c1-29(2)10-12-33-35(28-47)37(51-25-9-7-19-46-22-16-32(44)17-23-46)27-38-40(33)43(49)41-39(52-38)26-36(34(42(41)48)13-11-30(3)4)50-24-8-6-18-45-20-14-31(5)15-21-45/h10-11,26-27,31-32,47-48H,6-9,12-25,28,44H2,1-5H3. The number of aliphatic hydroxyl groups is 1. The van der Waals surface area contributed by atoms with Crippen LogP contribution in [0.15, 0.2) is 44.6 Å². The summed E-state index contributed by atoms with van der Waals surface area (Å²) in [7, 11) is 0. The first-order chi connectivity index (χ1) is 25.0. The summed E-state index contributed by atoms with van der Waals surface area (Å²) in [6.07, 6.45) is 13.3. The molecule has 0 saturated carbocycles. The molecule has 2 aromatic carbocycles. The molecule has 1 aromatic heterocycles. The summed E-state index contributed by atoms with van der Waals surface area (Å²) in [5.74, 6) is 1.75. The molecule has 2 fully saturated rings.